The van der Waals surface area contributed by atoms with E-state index in [0.29, 0.717) is 32.8 Å². The van der Waals surface area contributed by atoms with E-state index in [1.54, 1.807) is 11.3 Å². The predicted octanol–water partition coefficient (Wildman–Crippen LogP) is 2.75. The third-order valence-electron chi connectivity index (χ3n) is 4.78. The standard InChI is InChI=1S/C21H27N3O3S/c1-2-17-8-9-18(28-17)14-22-21(26)23-15-19(16-6-4-3-5-7-16)20(25)24-10-12-27-13-11-24/h3-9,19H,2,10-15H2,1H3,(H2,22,23,26). The number of urea groups is 1. The molecule has 3 amide bonds. The molecule has 2 N–H and O–H groups in total. The molecule has 1 aromatic heterocycles. The highest BCUT2D eigenvalue weighted by Gasteiger charge is 2.27. The van der Waals surface area contributed by atoms with E-state index in [9.17, 15) is 9.59 Å². The Bertz CT molecular complexity index is 772. The van der Waals surface area contributed by atoms with Crippen LogP contribution in [0.25, 0.3) is 0 Å². The third-order valence-corrected chi connectivity index (χ3v) is 6.01. The fourth-order valence-corrected chi connectivity index (χ4v) is 4.07. The lowest BCUT2D eigenvalue weighted by Gasteiger charge is -2.30. The van der Waals surface area contributed by atoms with Gasteiger partial charge in [0.05, 0.1) is 25.7 Å². The molecule has 1 atom stereocenters. The van der Waals surface area contributed by atoms with E-state index in [1.807, 2.05) is 41.3 Å². The van der Waals surface area contributed by atoms with Gasteiger partial charge in [0.25, 0.3) is 0 Å². The van der Waals surface area contributed by atoms with Crippen LogP contribution in [0, 0.1) is 0 Å². The molecule has 2 heterocycles. The average molecular weight is 402 g/mol. The van der Waals surface area contributed by atoms with Crippen LogP contribution in [-0.2, 0) is 22.5 Å². The molecular formula is C21H27N3O3S. The first kappa shape index (κ1) is 20.4. The van der Waals surface area contributed by atoms with Crippen LogP contribution < -0.4 is 10.6 Å². The lowest BCUT2D eigenvalue weighted by Crippen LogP contribution is -2.46. The van der Waals surface area contributed by atoms with Gasteiger partial charge in [-0.3, -0.25) is 4.79 Å². The molecule has 1 saturated heterocycles. The summed E-state index contributed by atoms with van der Waals surface area (Å²) in [5, 5.41) is 5.75. The Labute approximate surface area is 169 Å². The molecule has 0 saturated carbocycles. The van der Waals surface area contributed by atoms with Crippen LogP contribution in [0.4, 0.5) is 4.79 Å². The molecule has 1 fully saturated rings. The van der Waals surface area contributed by atoms with Gasteiger partial charge in [0, 0.05) is 29.4 Å². The monoisotopic (exact) mass is 401 g/mol. The van der Waals surface area contributed by atoms with Crippen LogP contribution in [0.5, 0.6) is 0 Å². The number of rotatable bonds is 7. The van der Waals surface area contributed by atoms with Crippen LogP contribution >= 0.6 is 11.3 Å². The maximum atomic E-state index is 13.0. The Kier molecular flexibility index (Phi) is 7.45. The molecule has 150 valence electrons. The topological polar surface area (TPSA) is 70.7 Å². The van der Waals surface area contributed by atoms with Crippen molar-refractivity contribution in [3.05, 3.63) is 57.8 Å². The van der Waals surface area contributed by atoms with Gasteiger partial charge in [0.15, 0.2) is 0 Å². The van der Waals surface area contributed by atoms with E-state index in [-0.39, 0.29) is 18.5 Å². The lowest BCUT2D eigenvalue weighted by molar-refractivity contribution is -0.136. The quantitative estimate of drug-likeness (QED) is 0.749. The zero-order valence-corrected chi connectivity index (χ0v) is 17.0. The molecule has 1 unspecified atom stereocenters. The van der Waals surface area contributed by atoms with Gasteiger partial charge in [-0.2, -0.15) is 0 Å². The largest absolute Gasteiger partial charge is 0.378 e. The number of hydrogen-bond acceptors (Lipinski definition) is 4. The number of benzene rings is 1. The Morgan fingerprint density at radius 1 is 1.07 bits per heavy atom. The molecule has 1 aliphatic rings. The number of nitrogens with zero attached hydrogens (tertiary/aromatic N) is 1. The van der Waals surface area contributed by atoms with E-state index in [4.69, 9.17) is 4.74 Å². The Hall–Kier alpha value is -2.38. The molecule has 2 aromatic rings. The van der Waals surface area contributed by atoms with Gasteiger partial charge in [-0.1, -0.05) is 37.3 Å². The summed E-state index contributed by atoms with van der Waals surface area (Å²) in [6.45, 7) is 5.16. The predicted molar refractivity (Wildman–Crippen MR) is 111 cm³/mol. The Morgan fingerprint density at radius 3 is 2.46 bits per heavy atom. The van der Waals surface area contributed by atoms with Gasteiger partial charge in [-0.05, 0) is 24.1 Å². The summed E-state index contributed by atoms with van der Waals surface area (Å²) in [6, 6.07) is 13.5. The first-order valence-corrected chi connectivity index (χ1v) is 10.5. The summed E-state index contributed by atoms with van der Waals surface area (Å²) >= 11 is 1.70. The number of aryl methyl sites for hydroxylation is 1. The van der Waals surface area contributed by atoms with Crippen molar-refractivity contribution in [2.75, 3.05) is 32.8 Å². The van der Waals surface area contributed by atoms with Gasteiger partial charge < -0.3 is 20.3 Å². The molecule has 6 nitrogen and oxygen atoms in total. The van der Waals surface area contributed by atoms with Crippen molar-refractivity contribution in [1.82, 2.24) is 15.5 Å². The summed E-state index contributed by atoms with van der Waals surface area (Å²) in [7, 11) is 0. The van der Waals surface area contributed by atoms with E-state index >= 15 is 0 Å². The zero-order valence-electron chi connectivity index (χ0n) is 16.1. The number of amides is 3. The number of thiophene rings is 1. The number of ether oxygens (including phenoxy) is 1. The lowest BCUT2D eigenvalue weighted by atomic mass is 9.97. The maximum absolute atomic E-state index is 13.0. The number of hydrogen-bond donors (Lipinski definition) is 2. The minimum Gasteiger partial charge on any atom is -0.378 e. The highest BCUT2D eigenvalue weighted by Crippen LogP contribution is 2.19. The fraction of sp³-hybridized carbons (Fsp3) is 0.429. The molecular weight excluding hydrogens is 374 g/mol. The van der Waals surface area contributed by atoms with Crippen LogP contribution in [0.15, 0.2) is 42.5 Å². The van der Waals surface area contributed by atoms with Crippen LogP contribution in [0.2, 0.25) is 0 Å². The molecule has 7 heteroatoms. The van der Waals surface area contributed by atoms with Gasteiger partial charge in [0.1, 0.15) is 0 Å². The second-order valence-corrected chi connectivity index (χ2v) is 7.94. The van der Waals surface area contributed by atoms with Crippen molar-refractivity contribution in [2.24, 2.45) is 0 Å². The summed E-state index contributed by atoms with van der Waals surface area (Å²) in [4.78, 5) is 29.5. The summed E-state index contributed by atoms with van der Waals surface area (Å²) < 4.78 is 5.34. The van der Waals surface area contributed by atoms with E-state index in [2.05, 4.69) is 23.6 Å². The Morgan fingerprint density at radius 2 is 1.79 bits per heavy atom. The first-order chi connectivity index (χ1) is 13.7. The molecule has 0 radical (unpaired) electrons. The summed E-state index contributed by atoms with van der Waals surface area (Å²) in [5.74, 6) is -0.376. The number of carbonyl (C=O) groups excluding carboxylic acids is 2. The fourth-order valence-electron chi connectivity index (χ4n) is 3.17. The van der Waals surface area contributed by atoms with E-state index in [0.717, 1.165) is 16.9 Å². The number of carbonyl (C=O) groups is 2. The Balaban J connectivity index is 1.57. The van der Waals surface area contributed by atoms with E-state index < -0.39 is 5.92 Å². The highest BCUT2D eigenvalue weighted by atomic mass is 32.1. The number of nitrogens with one attached hydrogen (secondary N) is 2. The number of morpholine rings is 1. The highest BCUT2D eigenvalue weighted by molar-refractivity contribution is 7.11. The van der Waals surface area contributed by atoms with Gasteiger partial charge >= 0.3 is 6.03 Å². The molecule has 1 aromatic carbocycles. The van der Waals surface area contributed by atoms with Crippen molar-refractivity contribution >= 4 is 23.3 Å². The van der Waals surface area contributed by atoms with Gasteiger partial charge in [0.2, 0.25) is 5.91 Å². The maximum Gasteiger partial charge on any atom is 0.315 e. The van der Waals surface area contributed by atoms with E-state index in [1.165, 1.54) is 4.88 Å². The second-order valence-electron chi connectivity index (χ2n) is 6.69. The molecule has 0 aliphatic carbocycles. The smallest absolute Gasteiger partial charge is 0.315 e. The average Bonchev–Trinajstić information content (AvgIpc) is 3.22. The molecule has 0 bridgehead atoms. The third kappa shape index (κ3) is 5.56. The molecule has 0 spiro atoms. The van der Waals surface area contributed by atoms with Crippen molar-refractivity contribution in [3.8, 4) is 0 Å². The van der Waals surface area contributed by atoms with Crippen LogP contribution in [-0.4, -0.2) is 49.7 Å². The molecule has 3 rings (SSSR count). The van der Waals surface area contributed by atoms with Gasteiger partial charge in [-0.15, -0.1) is 11.3 Å². The first-order valence-electron chi connectivity index (χ1n) is 9.68. The SMILES string of the molecule is CCc1ccc(CNC(=O)NCC(C(=O)N2CCOCC2)c2ccccc2)s1. The van der Waals surface area contributed by atoms with Crippen molar-refractivity contribution in [3.63, 3.8) is 0 Å². The molecule has 28 heavy (non-hydrogen) atoms. The minimum atomic E-state index is -0.404. The van der Waals surface area contributed by atoms with Crippen molar-refractivity contribution in [1.29, 1.82) is 0 Å². The van der Waals surface area contributed by atoms with Crippen LogP contribution in [0.3, 0.4) is 0 Å². The zero-order chi connectivity index (χ0) is 19.8. The van der Waals surface area contributed by atoms with Crippen molar-refractivity contribution < 1.29 is 14.3 Å². The second kappa shape index (κ2) is 10.2. The normalized spacial score (nSPS) is 15.1. The molecule has 1 aliphatic heterocycles. The van der Waals surface area contributed by atoms with Crippen molar-refractivity contribution in [2.45, 2.75) is 25.8 Å². The summed E-state index contributed by atoms with van der Waals surface area (Å²) in [6.07, 6.45) is 0.999. The van der Waals surface area contributed by atoms with Crippen LogP contribution in [0.1, 0.15) is 28.2 Å². The minimum absolute atomic E-state index is 0.0284. The van der Waals surface area contributed by atoms with Gasteiger partial charge in [-0.25, -0.2) is 4.79 Å². The summed E-state index contributed by atoms with van der Waals surface area (Å²) in [5.41, 5.74) is 0.908.